The number of rotatable bonds is 8. The summed E-state index contributed by atoms with van der Waals surface area (Å²) in [6, 6.07) is 14.0. The van der Waals surface area contributed by atoms with Gasteiger partial charge in [0.05, 0.1) is 26.9 Å². The molecule has 0 saturated heterocycles. The molecule has 27 heavy (non-hydrogen) atoms. The van der Waals surface area contributed by atoms with Crippen molar-refractivity contribution in [2.45, 2.75) is 33.1 Å². The molecule has 6 heteroatoms. The summed E-state index contributed by atoms with van der Waals surface area (Å²) >= 11 is 0. The van der Waals surface area contributed by atoms with Gasteiger partial charge in [-0.15, -0.1) is 0 Å². The number of anilines is 1. The first-order chi connectivity index (χ1) is 13.0. The monoisotopic (exact) mass is 371 g/mol. The van der Waals surface area contributed by atoms with Gasteiger partial charge in [-0.3, -0.25) is 4.99 Å². The number of aliphatic imine (C=N–C) groups is 1. The first-order valence-electron chi connectivity index (χ1n) is 8.94. The summed E-state index contributed by atoms with van der Waals surface area (Å²) in [5.74, 6) is 2.02. The molecule has 0 aromatic heterocycles. The summed E-state index contributed by atoms with van der Waals surface area (Å²) in [6.07, 6.45) is 0.219. The molecule has 0 saturated carbocycles. The van der Waals surface area contributed by atoms with Crippen LogP contribution in [0.1, 0.15) is 25.0 Å². The first kappa shape index (κ1) is 20.6. The molecule has 0 aliphatic heterocycles. The highest BCUT2D eigenvalue weighted by Gasteiger charge is 2.06. The number of guanidine groups is 1. The molecule has 0 aliphatic rings. The summed E-state index contributed by atoms with van der Waals surface area (Å²) in [6.45, 7) is 5.34. The predicted molar refractivity (Wildman–Crippen MR) is 110 cm³/mol. The highest BCUT2D eigenvalue weighted by molar-refractivity contribution is 5.93. The van der Waals surface area contributed by atoms with Gasteiger partial charge in [0.2, 0.25) is 0 Å². The Kier molecular flexibility index (Phi) is 7.95. The van der Waals surface area contributed by atoms with Gasteiger partial charge in [-0.2, -0.15) is 0 Å². The van der Waals surface area contributed by atoms with Crippen molar-refractivity contribution in [2.75, 3.05) is 26.6 Å². The fourth-order valence-electron chi connectivity index (χ4n) is 2.51. The molecule has 2 N–H and O–H groups in total. The molecule has 0 unspecified atom stereocenters. The Balaban J connectivity index is 1.97. The third-order valence-electron chi connectivity index (χ3n) is 3.90. The molecule has 146 valence electrons. The second kappa shape index (κ2) is 10.4. The van der Waals surface area contributed by atoms with Crippen molar-refractivity contribution in [3.8, 4) is 11.5 Å². The lowest BCUT2D eigenvalue weighted by Gasteiger charge is -2.14. The van der Waals surface area contributed by atoms with Crippen molar-refractivity contribution in [3.05, 3.63) is 53.6 Å². The summed E-state index contributed by atoms with van der Waals surface area (Å²) in [4.78, 5) is 4.28. The van der Waals surface area contributed by atoms with Gasteiger partial charge in [0.1, 0.15) is 0 Å². The van der Waals surface area contributed by atoms with E-state index in [9.17, 15) is 0 Å². The van der Waals surface area contributed by atoms with E-state index in [4.69, 9.17) is 14.2 Å². The van der Waals surface area contributed by atoms with Gasteiger partial charge < -0.3 is 24.8 Å². The minimum atomic E-state index is 0.219. The van der Waals surface area contributed by atoms with Crippen molar-refractivity contribution in [1.82, 2.24) is 5.32 Å². The average molecular weight is 371 g/mol. The van der Waals surface area contributed by atoms with Crippen LogP contribution in [0.5, 0.6) is 11.5 Å². The molecule has 0 amide bonds. The van der Waals surface area contributed by atoms with Crippen molar-refractivity contribution >= 4 is 11.6 Å². The number of ether oxygens (including phenoxy) is 3. The van der Waals surface area contributed by atoms with Crippen LogP contribution in [-0.4, -0.2) is 33.3 Å². The van der Waals surface area contributed by atoms with Gasteiger partial charge in [-0.1, -0.05) is 24.3 Å². The van der Waals surface area contributed by atoms with Gasteiger partial charge in [-0.25, -0.2) is 0 Å². The van der Waals surface area contributed by atoms with Gasteiger partial charge in [0.15, 0.2) is 17.5 Å². The quantitative estimate of drug-likeness (QED) is 0.546. The van der Waals surface area contributed by atoms with E-state index >= 15 is 0 Å². The SMILES string of the molecule is CN=C(NCc1cccc(COC(C)C)c1)Nc1ccc(OC)c(OC)c1. The smallest absolute Gasteiger partial charge is 0.195 e. The maximum absolute atomic E-state index is 5.67. The van der Waals surface area contributed by atoms with E-state index in [1.54, 1.807) is 21.3 Å². The Bertz CT molecular complexity index is 760. The Morgan fingerprint density at radius 3 is 2.41 bits per heavy atom. The van der Waals surface area contributed by atoms with Gasteiger partial charge >= 0.3 is 0 Å². The van der Waals surface area contributed by atoms with Crippen LogP contribution in [0, 0.1) is 0 Å². The van der Waals surface area contributed by atoms with E-state index in [0.717, 1.165) is 16.8 Å². The number of nitrogens with one attached hydrogen (secondary N) is 2. The fraction of sp³-hybridized carbons (Fsp3) is 0.381. The first-order valence-corrected chi connectivity index (χ1v) is 8.94. The molecule has 0 aliphatic carbocycles. The van der Waals surface area contributed by atoms with Crippen LogP contribution in [0.4, 0.5) is 5.69 Å². The molecule has 0 bridgehead atoms. The molecule has 0 radical (unpaired) electrons. The van der Waals surface area contributed by atoms with E-state index in [1.807, 2.05) is 38.1 Å². The van der Waals surface area contributed by atoms with Crippen LogP contribution in [0.25, 0.3) is 0 Å². The highest BCUT2D eigenvalue weighted by Crippen LogP contribution is 2.29. The van der Waals surface area contributed by atoms with Crippen molar-refractivity contribution in [1.29, 1.82) is 0 Å². The van der Waals surface area contributed by atoms with Crippen molar-refractivity contribution < 1.29 is 14.2 Å². The molecule has 0 atom stereocenters. The zero-order chi connectivity index (χ0) is 19.6. The van der Waals surface area contributed by atoms with Crippen molar-refractivity contribution in [3.63, 3.8) is 0 Å². The zero-order valence-corrected chi connectivity index (χ0v) is 16.7. The summed E-state index contributed by atoms with van der Waals surface area (Å²) in [5.41, 5.74) is 3.18. The molecule has 2 rings (SSSR count). The van der Waals surface area contributed by atoms with E-state index in [0.29, 0.717) is 30.6 Å². The average Bonchev–Trinajstić information content (AvgIpc) is 2.69. The Morgan fingerprint density at radius 2 is 1.74 bits per heavy atom. The molecule has 2 aromatic rings. The highest BCUT2D eigenvalue weighted by atomic mass is 16.5. The van der Waals surface area contributed by atoms with Gasteiger partial charge in [0.25, 0.3) is 0 Å². The summed E-state index contributed by atoms with van der Waals surface area (Å²) in [5, 5.41) is 6.58. The normalized spacial score (nSPS) is 11.4. The van der Waals surface area contributed by atoms with Crippen LogP contribution in [-0.2, 0) is 17.9 Å². The standard InChI is InChI=1S/C21H29N3O3/c1-15(2)27-14-17-8-6-7-16(11-17)13-23-21(22-3)24-18-9-10-19(25-4)20(12-18)26-5/h6-12,15H,13-14H2,1-5H3,(H2,22,23,24). The number of methoxy groups -OCH3 is 2. The second-order valence-electron chi connectivity index (χ2n) is 6.30. The molecule has 2 aromatic carbocycles. The topological polar surface area (TPSA) is 64.1 Å². The van der Waals surface area contributed by atoms with Crippen molar-refractivity contribution in [2.24, 2.45) is 4.99 Å². The van der Waals surface area contributed by atoms with Crippen LogP contribution < -0.4 is 20.1 Å². The third kappa shape index (κ3) is 6.49. The third-order valence-corrected chi connectivity index (χ3v) is 3.90. The van der Waals surface area contributed by atoms with Crippen LogP contribution >= 0.6 is 0 Å². The lowest BCUT2D eigenvalue weighted by Crippen LogP contribution is -2.30. The molecule has 0 fully saturated rings. The lowest BCUT2D eigenvalue weighted by atomic mass is 10.1. The van der Waals surface area contributed by atoms with Gasteiger partial charge in [-0.05, 0) is 37.1 Å². The number of nitrogens with zero attached hydrogens (tertiary/aromatic N) is 1. The maximum atomic E-state index is 5.67. The van der Waals surface area contributed by atoms with E-state index < -0.39 is 0 Å². The Labute approximate surface area is 161 Å². The van der Waals surface area contributed by atoms with Gasteiger partial charge in [0, 0.05) is 25.3 Å². The molecule has 6 nitrogen and oxygen atoms in total. The zero-order valence-electron chi connectivity index (χ0n) is 16.7. The minimum absolute atomic E-state index is 0.219. The Hall–Kier alpha value is -2.73. The Morgan fingerprint density at radius 1 is 1.00 bits per heavy atom. The minimum Gasteiger partial charge on any atom is -0.493 e. The summed E-state index contributed by atoms with van der Waals surface area (Å²) in [7, 11) is 4.97. The number of benzene rings is 2. The lowest BCUT2D eigenvalue weighted by molar-refractivity contribution is 0.0657. The van der Waals surface area contributed by atoms with E-state index in [2.05, 4.69) is 33.8 Å². The van der Waals surface area contributed by atoms with E-state index in [1.165, 1.54) is 0 Å². The number of hydrogen-bond donors (Lipinski definition) is 2. The molecule has 0 spiro atoms. The van der Waals surface area contributed by atoms with Crippen LogP contribution in [0.2, 0.25) is 0 Å². The predicted octanol–water partition coefficient (Wildman–Crippen LogP) is 3.82. The van der Waals surface area contributed by atoms with Crippen LogP contribution in [0.3, 0.4) is 0 Å². The van der Waals surface area contributed by atoms with E-state index in [-0.39, 0.29) is 6.10 Å². The fourth-order valence-corrected chi connectivity index (χ4v) is 2.51. The second-order valence-corrected chi connectivity index (χ2v) is 6.30. The molecular weight excluding hydrogens is 342 g/mol. The largest absolute Gasteiger partial charge is 0.493 e. The van der Waals surface area contributed by atoms with Crippen LogP contribution in [0.15, 0.2) is 47.5 Å². The number of hydrogen-bond acceptors (Lipinski definition) is 4. The molecule has 0 heterocycles. The molecular formula is C21H29N3O3. The summed E-state index contributed by atoms with van der Waals surface area (Å²) < 4.78 is 16.3. The maximum Gasteiger partial charge on any atom is 0.195 e.